The lowest BCUT2D eigenvalue weighted by Gasteiger charge is -2.35. The van der Waals surface area contributed by atoms with E-state index < -0.39 is 0 Å². The van der Waals surface area contributed by atoms with Crippen molar-refractivity contribution in [3.05, 3.63) is 41.5 Å². The molecule has 0 aromatic heterocycles. The second-order valence-electron chi connectivity index (χ2n) is 6.64. The van der Waals surface area contributed by atoms with E-state index >= 15 is 0 Å². The molecule has 108 valence electrons. The predicted molar refractivity (Wildman–Crippen MR) is 86.8 cm³/mol. The highest BCUT2D eigenvalue weighted by Gasteiger charge is 2.28. The van der Waals surface area contributed by atoms with Gasteiger partial charge >= 0.3 is 0 Å². The van der Waals surface area contributed by atoms with Crippen LogP contribution in [0.15, 0.2) is 30.3 Å². The molecule has 1 nitrogen and oxygen atoms in total. The summed E-state index contributed by atoms with van der Waals surface area (Å²) in [7, 11) is 0. The summed E-state index contributed by atoms with van der Waals surface area (Å²) in [6.07, 6.45) is 13.1. The maximum atomic E-state index is 2.76. The van der Waals surface area contributed by atoms with Crippen LogP contribution in [-0.2, 0) is 0 Å². The van der Waals surface area contributed by atoms with E-state index in [1.165, 1.54) is 62.7 Å². The van der Waals surface area contributed by atoms with E-state index in [4.69, 9.17) is 0 Å². The van der Waals surface area contributed by atoms with E-state index in [2.05, 4.69) is 48.2 Å². The van der Waals surface area contributed by atoms with Crippen LogP contribution in [0.3, 0.4) is 0 Å². The fourth-order valence-corrected chi connectivity index (χ4v) is 3.24. The van der Waals surface area contributed by atoms with Crippen LogP contribution in [0.4, 0.5) is 0 Å². The Kier molecular flexibility index (Phi) is 4.57. The lowest BCUT2D eigenvalue weighted by molar-refractivity contribution is 0.143. The topological polar surface area (TPSA) is 3.24 Å². The third kappa shape index (κ3) is 3.96. The first-order chi connectivity index (χ1) is 9.81. The van der Waals surface area contributed by atoms with Crippen molar-refractivity contribution in [1.82, 2.24) is 4.90 Å². The van der Waals surface area contributed by atoms with Gasteiger partial charge in [-0.1, -0.05) is 48.4 Å². The van der Waals surface area contributed by atoms with Crippen LogP contribution in [0.2, 0.25) is 0 Å². The SMILES string of the molecule is Cc1ccc(/C=C/CC2CCCCN2CC2CC2)cc1. The lowest BCUT2D eigenvalue weighted by Crippen LogP contribution is -2.40. The summed E-state index contributed by atoms with van der Waals surface area (Å²) < 4.78 is 0. The summed E-state index contributed by atoms with van der Waals surface area (Å²) in [6.45, 7) is 4.84. The quantitative estimate of drug-likeness (QED) is 0.751. The number of likely N-dealkylation sites (tertiary alicyclic amines) is 1. The normalized spacial score (nSPS) is 24.4. The Morgan fingerprint density at radius 1 is 1.10 bits per heavy atom. The van der Waals surface area contributed by atoms with Gasteiger partial charge in [0.2, 0.25) is 0 Å². The Labute approximate surface area is 123 Å². The van der Waals surface area contributed by atoms with Crippen molar-refractivity contribution in [2.45, 2.75) is 51.5 Å². The number of piperidine rings is 1. The predicted octanol–water partition coefficient (Wildman–Crippen LogP) is 4.66. The summed E-state index contributed by atoms with van der Waals surface area (Å²) in [4.78, 5) is 2.76. The molecule has 1 saturated carbocycles. The Balaban J connectivity index is 1.53. The Bertz CT molecular complexity index is 441. The molecule has 3 rings (SSSR count). The zero-order valence-corrected chi connectivity index (χ0v) is 12.7. The minimum atomic E-state index is 0.797. The summed E-state index contributed by atoms with van der Waals surface area (Å²) in [6, 6.07) is 9.62. The van der Waals surface area contributed by atoms with Gasteiger partial charge in [-0.05, 0) is 57.1 Å². The van der Waals surface area contributed by atoms with E-state index in [1.54, 1.807) is 0 Å². The Morgan fingerprint density at radius 3 is 2.65 bits per heavy atom. The van der Waals surface area contributed by atoms with Gasteiger partial charge in [-0.2, -0.15) is 0 Å². The standard InChI is InChI=1S/C19H27N/c1-16-8-10-17(11-9-16)5-4-7-19-6-2-3-14-20(19)15-18-12-13-18/h4-5,8-11,18-19H,2-3,6-7,12-15H2,1H3/b5-4+. The smallest absolute Gasteiger partial charge is 0.0130 e. The molecular formula is C19H27N. The van der Waals surface area contributed by atoms with Crippen molar-refractivity contribution in [2.75, 3.05) is 13.1 Å². The summed E-state index contributed by atoms with van der Waals surface area (Å²) in [5, 5.41) is 0. The highest BCUT2D eigenvalue weighted by atomic mass is 15.2. The van der Waals surface area contributed by atoms with E-state index in [0.29, 0.717) is 0 Å². The average Bonchev–Trinajstić information content (AvgIpc) is 3.27. The second kappa shape index (κ2) is 6.58. The molecule has 1 heteroatoms. The highest BCUT2D eigenvalue weighted by Crippen LogP contribution is 2.32. The van der Waals surface area contributed by atoms with Gasteiger partial charge in [0, 0.05) is 12.6 Å². The van der Waals surface area contributed by atoms with E-state index in [-0.39, 0.29) is 0 Å². The first kappa shape index (κ1) is 13.9. The third-order valence-corrected chi connectivity index (χ3v) is 4.73. The maximum Gasteiger partial charge on any atom is 0.0130 e. The van der Waals surface area contributed by atoms with Crippen molar-refractivity contribution in [1.29, 1.82) is 0 Å². The minimum Gasteiger partial charge on any atom is -0.300 e. The van der Waals surface area contributed by atoms with Gasteiger partial charge < -0.3 is 0 Å². The number of aryl methyl sites for hydroxylation is 1. The lowest BCUT2D eigenvalue weighted by atomic mass is 9.98. The zero-order valence-electron chi connectivity index (χ0n) is 12.7. The van der Waals surface area contributed by atoms with Gasteiger partial charge in [-0.3, -0.25) is 4.90 Å². The summed E-state index contributed by atoms with van der Waals surface area (Å²) in [5.74, 6) is 1.02. The van der Waals surface area contributed by atoms with Crippen LogP contribution in [0.5, 0.6) is 0 Å². The van der Waals surface area contributed by atoms with Gasteiger partial charge in [0.05, 0.1) is 0 Å². The first-order valence-corrected chi connectivity index (χ1v) is 8.28. The molecule has 2 fully saturated rings. The molecule has 0 amide bonds. The van der Waals surface area contributed by atoms with Crippen LogP contribution >= 0.6 is 0 Å². The molecule has 1 heterocycles. The molecule has 1 aromatic carbocycles. The van der Waals surface area contributed by atoms with Crippen LogP contribution in [0.1, 0.15) is 49.7 Å². The van der Waals surface area contributed by atoms with Gasteiger partial charge in [-0.25, -0.2) is 0 Å². The summed E-state index contributed by atoms with van der Waals surface area (Å²) in [5.41, 5.74) is 2.67. The molecule has 1 unspecified atom stereocenters. The number of hydrogen-bond acceptors (Lipinski definition) is 1. The molecular weight excluding hydrogens is 242 g/mol. The van der Waals surface area contributed by atoms with E-state index in [0.717, 1.165) is 12.0 Å². The zero-order chi connectivity index (χ0) is 13.8. The molecule has 0 N–H and O–H groups in total. The highest BCUT2D eigenvalue weighted by molar-refractivity contribution is 5.49. The number of nitrogens with zero attached hydrogens (tertiary/aromatic N) is 1. The molecule has 1 saturated heterocycles. The molecule has 1 aromatic rings. The fourth-order valence-electron chi connectivity index (χ4n) is 3.24. The Hall–Kier alpha value is -1.08. The molecule has 0 radical (unpaired) electrons. The van der Waals surface area contributed by atoms with Crippen molar-refractivity contribution in [2.24, 2.45) is 5.92 Å². The minimum absolute atomic E-state index is 0.797. The number of rotatable bonds is 5. The maximum absolute atomic E-state index is 2.76. The molecule has 20 heavy (non-hydrogen) atoms. The van der Waals surface area contributed by atoms with E-state index in [9.17, 15) is 0 Å². The van der Waals surface area contributed by atoms with Crippen LogP contribution in [0, 0.1) is 12.8 Å². The summed E-state index contributed by atoms with van der Waals surface area (Å²) >= 11 is 0. The van der Waals surface area contributed by atoms with Gasteiger partial charge in [-0.15, -0.1) is 0 Å². The number of hydrogen-bond donors (Lipinski definition) is 0. The molecule has 1 atom stereocenters. The van der Waals surface area contributed by atoms with Crippen molar-refractivity contribution < 1.29 is 0 Å². The molecule has 1 aliphatic heterocycles. The largest absolute Gasteiger partial charge is 0.300 e. The first-order valence-electron chi connectivity index (χ1n) is 8.28. The van der Waals surface area contributed by atoms with Gasteiger partial charge in [0.25, 0.3) is 0 Å². The van der Waals surface area contributed by atoms with Crippen LogP contribution < -0.4 is 0 Å². The number of benzene rings is 1. The monoisotopic (exact) mass is 269 g/mol. The fraction of sp³-hybridized carbons (Fsp3) is 0.579. The Morgan fingerprint density at radius 2 is 1.90 bits per heavy atom. The van der Waals surface area contributed by atoms with E-state index in [1.807, 2.05) is 0 Å². The van der Waals surface area contributed by atoms with Gasteiger partial charge in [0.1, 0.15) is 0 Å². The van der Waals surface area contributed by atoms with Crippen molar-refractivity contribution in [3.8, 4) is 0 Å². The second-order valence-corrected chi connectivity index (χ2v) is 6.64. The molecule has 1 aliphatic carbocycles. The van der Waals surface area contributed by atoms with Crippen molar-refractivity contribution >= 4 is 6.08 Å². The van der Waals surface area contributed by atoms with Crippen LogP contribution in [0.25, 0.3) is 6.08 Å². The molecule has 2 aliphatic rings. The average molecular weight is 269 g/mol. The van der Waals surface area contributed by atoms with Crippen LogP contribution in [-0.4, -0.2) is 24.0 Å². The third-order valence-electron chi connectivity index (χ3n) is 4.73. The van der Waals surface area contributed by atoms with Gasteiger partial charge in [0.15, 0.2) is 0 Å². The van der Waals surface area contributed by atoms with Crippen molar-refractivity contribution in [3.63, 3.8) is 0 Å². The molecule has 0 spiro atoms. The molecule has 0 bridgehead atoms.